The highest BCUT2D eigenvalue weighted by Crippen LogP contribution is 2.35. The number of carbonyl (C=O) groups excluding carboxylic acids is 2. The number of Topliss-reactive ketones (excluding diaryl/α,β-unsaturated/α-hetero) is 1. The number of benzene rings is 1. The van der Waals surface area contributed by atoms with Crippen molar-refractivity contribution in [2.24, 2.45) is 5.92 Å². The molecule has 3 N–H and O–H groups in total. The van der Waals surface area contributed by atoms with Crippen LogP contribution in [0.2, 0.25) is 5.02 Å². The van der Waals surface area contributed by atoms with E-state index in [1.165, 1.54) is 13.1 Å². The van der Waals surface area contributed by atoms with Crippen LogP contribution in [0.5, 0.6) is 0 Å². The fraction of sp³-hybridized carbons (Fsp3) is 0.280. The van der Waals surface area contributed by atoms with Gasteiger partial charge in [-0.3, -0.25) is 24.6 Å². The number of rotatable bonds is 4. The molecule has 1 saturated heterocycles. The number of aromatic nitrogens is 3. The Morgan fingerprint density at radius 2 is 2.03 bits per heavy atom. The Kier molecular flexibility index (Phi) is 5.72. The molecule has 0 aliphatic carbocycles. The lowest BCUT2D eigenvalue weighted by atomic mass is 10.0. The van der Waals surface area contributed by atoms with Gasteiger partial charge >= 0.3 is 0 Å². The van der Waals surface area contributed by atoms with Crippen molar-refractivity contribution < 1.29 is 9.59 Å². The van der Waals surface area contributed by atoms with Gasteiger partial charge in [0.2, 0.25) is 5.95 Å². The summed E-state index contributed by atoms with van der Waals surface area (Å²) >= 11 is 6.42. The first-order valence-electron chi connectivity index (χ1n) is 11.4. The molecule has 1 fully saturated rings. The highest BCUT2D eigenvalue weighted by atomic mass is 35.5. The number of nitrogens with two attached hydrogens (primary N) is 1. The number of aryl methyl sites for hydroxylation is 1. The van der Waals surface area contributed by atoms with Crippen LogP contribution in [-0.4, -0.2) is 38.9 Å². The molecule has 1 amide bonds. The molecule has 1 aromatic carbocycles. The number of nitrogen functional groups attached to an aromatic ring is 1. The number of carbonyl (C=O) groups is 2. The molecule has 2 aromatic heterocycles. The van der Waals surface area contributed by atoms with E-state index >= 15 is 0 Å². The second kappa shape index (κ2) is 8.74. The molecule has 2 unspecified atom stereocenters. The Hall–Kier alpha value is -3.85. The third-order valence-electron chi connectivity index (χ3n) is 6.56. The molecule has 5 rings (SSSR count). The molecular weight excluding hydrogens is 466 g/mol. The van der Waals surface area contributed by atoms with E-state index in [2.05, 4.69) is 27.2 Å². The SMILES string of the molecule is CC(=O)c1cnc(N)nc1N1CCC(C)C1C=C1Nn2c(C)cc(Cl)c2C(=O)N1c1ccccc1. The van der Waals surface area contributed by atoms with E-state index in [1.54, 1.807) is 15.6 Å². The maximum Gasteiger partial charge on any atom is 0.284 e. The minimum atomic E-state index is -0.229. The number of nitrogens with zero attached hydrogens (tertiary/aromatic N) is 5. The van der Waals surface area contributed by atoms with Crippen molar-refractivity contribution in [1.29, 1.82) is 0 Å². The molecule has 3 aromatic rings. The molecule has 10 heteroatoms. The van der Waals surface area contributed by atoms with Gasteiger partial charge in [-0.2, -0.15) is 4.98 Å². The molecule has 4 heterocycles. The van der Waals surface area contributed by atoms with Crippen LogP contribution in [0, 0.1) is 12.8 Å². The van der Waals surface area contributed by atoms with Gasteiger partial charge in [-0.15, -0.1) is 0 Å². The number of halogens is 1. The van der Waals surface area contributed by atoms with Crippen LogP contribution in [0.15, 0.2) is 54.5 Å². The van der Waals surface area contributed by atoms with E-state index in [0.717, 1.165) is 12.1 Å². The topological polar surface area (TPSA) is 109 Å². The van der Waals surface area contributed by atoms with Gasteiger partial charge in [-0.25, -0.2) is 4.98 Å². The van der Waals surface area contributed by atoms with Crippen LogP contribution in [0.4, 0.5) is 17.5 Å². The van der Waals surface area contributed by atoms with Gasteiger partial charge < -0.3 is 10.6 Å². The molecule has 0 saturated carbocycles. The largest absolute Gasteiger partial charge is 0.368 e. The number of para-hydroxylation sites is 1. The number of hydrogen-bond donors (Lipinski definition) is 2. The Bertz CT molecular complexity index is 1350. The first kappa shape index (κ1) is 22.9. The summed E-state index contributed by atoms with van der Waals surface area (Å²) < 4.78 is 1.71. The fourth-order valence-electron chi connectivity index (χ4n) is 4.75. The Balaban J connectivity index is 1.64. The minimum Gasteiger partial charge on any atom is -0.368 e. The number of nitrogens with one attached hydrogen (secondary N) is 1. The van der Waals surface area contributed by atoms with Crippen molar-refractivity contribution in [2.75, 3.05) is 27.5 Å². The predicted octanol–water partition coefficient (Wildman–Crippen LogP) is 3.99. The fourth-order valence-corrected chi connectivity index (χ4v) is 5.08. The first-order valence-corrected chi connectivity index (χ1v) is 11.8. The Morgan fingerprint density at radius 3 is 2.74 bits per heavy atom. The van der Waals surface area contributed by atoms with E-state index in [9.17, 15) is 9.59 Å². The molecule has 2 aliphatic heterocycles. The molecule has 0 radical (unpaired) electrons. The highest BCUT2D eigenvalue weighted by Gasteiger charge is 2.37. The third kappa shape index (κ3) is 3.91. The molecule has 35 heavy (non-hydrogen) atoms. The van der Waals surface area contributed by atoms with Crippen LogP contribution >= 0.6 is 11.6 Å². The Labute approximate surface area is 208 Å². The summed E-state index contributed by atoms with van der Waals surface area (Å²) in [6.45, 7) is 6.20. The van der Waals surface area contributed by atoms with Crippen molar-refractivity contribution in [3.05, 3.63) is 76.5 Å². The van der Waals surface area contributed by atoms with Gasteiger partial charge in [0.15, 0.2) is 5.78 Å². The van der Waals surface area contributed by atoms with Gasteiger partial charge in [0.05, 0.1) is 22.3 Å². The standard InChI is InChI=1S/C25H26ClN7O2/c1-14-9-10-31(23-18(16(3)34)13-28-25(27)29-23)20(14)12-21-30-33-15(2)11-19(26)22(33)24(35)32(21)17-7-5-4-6-8-17/h4-8,11-14,20,30H,9-10H2,1-3H3,(H2,27,28,29). The normalized spacial score (nSPS) is 20.8. The van der Waals surface area contributed by atoms with Crippen LogP contribution in [0.25, 0.3) is 0 Å². The van der Waals surface area contributed by atoms with Gasteiger partial charge in [0.25, 0.3) is 5.91 Å². The van der Waals surface area contributed by atoms with Crippen LogP contribution < -0.4 is 21.0 Å². The van der Waals surface area contributed by atoms with E-state index in [1.807, 2.05) is 43.3 Å². The number of fused-ring (bicyclic) bond motifs is 1. The van der Waals surface area contributed by atoms with Crippen molar-refractivity contribution in [3.63, 3.8) is 0 Å². The summed E-state index contributed by atoms with van der Waals surface area (Å²) in [5.41, 5.74) is 11.6. The zero-order valence-corrected chi connectivity index (χ0v) is 20.5. The van der Waals surface area contributed by atoms with Crippen LogP contribution in [0.1, 0.15) is 46.8 Å². The van der Waals surface area contributed by atoms with Gasteiger partial charge in [-0.1, -0.05) is 36.7 Å². The molecule has 180 valence electrons. The second-order valence-electron chi connectivity index (χ2n) is 8.93. The summed E-state index contributed by atoms with van der Waals surface area (Å²) in [6, 6.07) is 11.0. The van der Waals surface area contributed by atoms with Crippen molar-refractivity contribution in [3.8, 4) is 0 Å². The van der Waals surface area contributed by atoms with Crippen LogP contribution in [-0.2, 0) is 0 Å². The molecular formula is C25H26ClN7O2. The number of hydrogen-bond acceptors (Lipinski definition) is 7. The maximum absolute atomic E-state index is 13.7. The summed E-state index contributed by atoms with van der Waals surface area (Å²) in [6.07, 6.45) is 4.37. The zero-order chi connectivity index (χ0) is 24.9. The maximum atomic E-state index is 13.7. The van der Waals surface area contributed by atoms with Gasteiger partial charge in [0.1, 0.15) is 17.3 Å². The summed E-state index contributed by atoms with van der Waals surface area (Å²) in [4.78, 5) is 38.2. The quantitative estimate of drug-likeness (QED) is 0.531. The summed E-state index contributed by atoms with van der Waals surface area (Å²) in [5, 5.41) is 0.387. The van der Waals surface area contributed by atoms with Crippen molar-refractivity contribution in [2.45, 2.75) is 33.2 Å². The Morgan fingerprint density at radius 1 is 1.29 bits per heavy atom. The first-order chi connectivity index (χ1) is 16.8. The zero-order valence-electron chi connectivity index (χ0n) is 19.7. The molecule has 2 aliphatic rings. The van der Waals surface area contributed by atoms with Crippen LogP contribution in [0.3, 0.4) is 0 Å². The molecule has 9 nitrogen and oxygen atoms in total. The van der Waals surface area contributed by atoms with Gasteiger partial charge in [-0.05, 0) is 50.5 Å². The average molecular weight is 492 g/mol. The second-order valence-corrected chi connectivity index (χ2v) is 9.34. The van der Waals surface area contributed by atoms with E-state index in [-0.39, 0.29) is 29.6 Å². The van der Waals surface area contributed by atoms with Crippen molar-refractivity contribution in [1.82, 2.24) is 14.6 Å². The molecule has 0 bridgehead atoms. The predicted molar refractivity (Wildman–Crippen MR) is 136 cm³/mol. The lowest BCUT2D eigenvalue weighted by Crippen LogP contribution is -2.45. The summed E-state index contributed by atoms with van der Waals surface area (Å²) in [5.74, 6) is 1.07. The number of ketones is 1. The van der Waals surface area contributed by atoms with Gasteiger partial charge in [0, 0.05) is 18.4 Å². The van der Waals surface area contributed by atoms with Crippen molar-refractivity contribution >= 4 is 40.7 Å². The minimum absolute atomic E-state index is 0.107. The highest BCUT2D eigenvalue weighted by molar-refractivity contribution is 6.34. The summed E-state index contributed by atoms with van der Waals surface area (Å²) in [7, 11) is 0. The van der Waals surface area contributed by atoms with E-state index < -0.39 is 0 Å². The third-order valence-corrected chi connectivity index (χ3v) is 6.85. The average Bonchev–Trinajstić information content (AvgIpc) is 3.32. The monoisotopic (exact) mass is 491 g/mol. The number of anilines is 3. The smallest absolute Gasteiger partial charge is 0.284 e. The van der Waals surface area contributed by atoms with E-state index in [0.29, 0.717) is 40.2 Å². The number of amides is 1. The lowest BCUT2D eigenvalue weighted by Gasteiger charge is -2.35. The molecule has 0 spiro atoms. The van der Waals surface area contributed by atoms with E-state index in [4.69, 9.17) is 17.3 Å². The molecule has 2 atom stereocenters. The lowest BCUT2D eigenvalue weighted by molar-refractivity contribution is 0.0979.